The van der Waals surface area contributed by atoms with Gasteiger partial charge < -0.3 is 4.90 Å². The van der Waals surface area contributed by atoms with Crippen LogP contribution in [0, 0.1) is 0 Å². The molecule has 244 valence electrons. The molecule has 0 saturated heterocycles. The lowest BCUT2D eigenvalue weighted by molar-refractivity contribution is 1.28. The molecule has 0 amide bonds. The van der Waals surface area contributed by atoms with Gasteiger partial charge in [-0.05, 0) is 116 Å². The van der Waals surface area contributed by atoms with E-state index in [1.807, 2.05) is 11.3 Å². The first-order valence-electron chi connectivity index (χ1n) is 17.7. The second-order valence-corrected chi connectivity index (χ2v) is 14.5. The predicted octanol–water partition coefficient (Wildman–Crippen LogP) is 14.8. The fraction of sp³-hybridized carbons (Fsp3) is 0. The van der Waals surface area contributed by atoms with Crippen LogP contribution in [0.15, 0.2) is 200 Å². The van der Waals surface area contributed by atoms with E-state index in [2.05, 4.69) is 205 Å². The predicted molar refractivity (Wildman–Crippen MR) is 225 cm³/mol. The second-order valence-electron chi connectivity index (χ2n) is 13.4. The number of anilines is 3. The van der Waals surface area contributed by atoms with E-state index in [9.17, 15) is 0 Å². The maximum atomic E-state index is 2.37. The summed E-state index contributed by atoms with van der Waals surface area (Å²) in [5.74, 6) is 0. The zero-order valence-corrected chi connectivity index (χ0v) is 29.2. The molecule has 0 unspecified atom stereocenters. The largest absolute Gasteiger partial charge is 0.310 e. The molecule has 0 aliphatic heterocycles. The summed E-state index contributed by atoms with van der Waals surface area (Å²) in [7, 11) is 0. The summed E-state index contributed by atoms with van der Waals surface area (Å²) in [6.45, 7) is 0. The molecule has 0 fully saturated rings. The van der Waals surface area contributed by atoms with Crippen molar-refractivity contribution >= 4 is 70.1 Å². The van der Waals surface area contributed by atoms with Crippen molar-refractivity contribution in [3.63, 3.8) is 0 Å². The Morgan fingerprint density at radius 1 is 0.288 bits per heavy atom. The van der Waals surface area contributed by atoms with Crippen molar-refractivity contribution in [2.24, 2.45) is 0 Å². The van der Waals surface area contributed by atoms with Gasteiger partial charge in [0.1, 0.15) is 0 Å². The molecule has 10 aromatic rings. The second kappa shape index (κ2) is 12.7. The lowest BCUT2D eigenvalue weighted by Gasteiger charge is -2.26. The van der Waals surface area contributed by atoms with Gasteiger partial charge in [-0.1, -0.05) is 140 Å². The highest BCUT2D eigenvalue weighted by atomic mass is 32.1. The third kappa shape index (κ3) is 5.42. The zero-order chi connectivity index (χ0) is 34.4. The van der Waals surface area contributed by atoms with Crippen molar-refractivity contribution in [1.82, 2.24) is 0 Å². The normalized spacial score (nSPS) is 11.5. The monoisotopic (exact) mass is 679 g/mol. The van der Waals surface area contributed by atoms with Gasteiger partial charge in [-0.25, -0.2) is 0 Å². The molecule has 0 bridgehead atoms. The first-order chi connectivity index (χ1) is 25.7. The molecule has 9 aromatic carbocycles. The molecule has 0 saturated carbocycles. The Morgan fingerprint density at radius 2 is 0.846 bits per heavy atom. The van der Waals surface area contributed by atoms with E-state index in [-0.39, 0.29) is 0 Å². The SMILES string of the molecule is c1ccc(-c2cccc(N(c3ccc(-c4ccc5ccccc5c4)cc3)c3ccc(-c4ccc5ccc6sc7ccccc7c6c5c4)cc3)c2)cc1. The van der Waals surface area contributed by atoms with Crippen LogP contribution < -0.4 is 4.90 Å². The fourth-order valence-corrected chi connectivity index (χ4v) is 8.72. The van der Waals surface area contributed by atoms with Crippen LogP contribution in [0.2, 0.25) is 0 Å². The van der Waals surface area contributed by atoms with Crippen LogP contribution >= 0.6 is 11.3 Å². The maximum Gasteiger partial charge on any atom is 0.0467 e. The van der Waals surface area contributed by atoms with Crippen molar-refractivity contribution in [3.8, 4) is 33.4 Å². The highest BCUT2D eigenvalue weighted by Gasteiger charge is 2.15. The third-order valence-corrected chi connectivity index (χ3v) is 11.4. The van der Waals surface area contributed by atoms with E-state index in [0.29, 0.717) is 0 Å². The van der Waals surface area contributed by atoms with Crippen molar-refractivity contribution in [2.45, 2.75) is 0 Å². The number of benzene rings is 9. The first kappa shape index (κ1) is 30.4. The summed E-state index contributed by atoms with van der Waals surface area (Å²) in [6.07, 6.45) is 0. The van der Waals surface area contributed by atoms with Crippen LogP contribution in [-0.2, 0) is 0 Å². The standard InChI is InChI=1S/C50H33NS/c1-2-9-34(10-3-1)40-13-8-14-45(32-40)51(43-26-21-36(22-27-43)41-19-17-35-11-4-5-12-39(35)31-41)44-28-23-37(24-29-44)42-20-18-38-25-30-49-50(47(38)33-42)46-15-6-7-16-48(46)52-49/h1-33H. The molecule has 1 nitrogen and oxygen atoms in total. The fourth-order valence-electron chi connectivity index (χ4n) is 7.60. The van der Waals surface area contributed by atoms with Gasteiger partial charge in [-0.2, -0.15) is 0 Å². The van der Waals surface area contributed by atoms with Gasteiger partial charge in [-0.3, -0.25) is 0 Å². The topological polar surface area (TPSA) is 3.24 Å². The lowest BCUT2D eigenvalue weighted by Crippen LogP contribution is -2.10. The van der Waals surface area contributed by atoms with E-state index in [1.54, 1.807) is 0 Å². The summed E-state index contributed by atoms with van der Waals surface area (Å²) in [4.78, 5) is 2.36. The molecular weight excluding hydrogens is 647 g/mol. The minimum absolute atomic E-state index is 1.11. The Hall–Kier alpha value is -6.48. The van der Waals surface area contributed by atoms with E-state index in [1.165, 1.54) is 75.1 Å². The van der Waals surface area contributed by atoms with Crippen LogP contribution in [0.3, 0.4) is 0 Å². The highest BCUT2D eigenvalue weighted by Crippen LogP contribution is 2.41. The summed E-state index contributed by atoms with van der Waals surface area (Å²) in [6, 6.07) is 72.9. The molecule has 0 N–H and O–H groups in total. The van der Waals surface area contributed by atoms with E-state index >= 15 is 0 Å². The van der Waals surface area contributed by atoms with Crippen LogP contribution in [0.4, 0.5) is 17.1 Å². The Kier molecular flexibility index (Phi) is 7.41. The zero-order valence-electron chi connectivity index (χ0n) is 28.4. The van der Waals surface area contributed by atoms with Gasteiger partial charge in [0, 0.05) is 37.2 Å². The average molecular weight is 680 g/mol. The number of fused-ring (bicyclic) bond motifs is 6. The quantitative estimate of drug-likeness (QED) is 0.169. The molecule has 0 aliphatic carbocycles. The Bertz CT molecular complexity index is 2890. The molecule has 0 aliphatic rings. The molecule has 0 atom stereocenters. The summed E-state index contributed by atoms with van der Waals surface area (Å²) in [5, 5.41) is 7.78. The Balaban J connectivity index is 1.05. The number of hydrogen-bond acceptors (Lipinski definition) is 2. The summed E-state index contributed by atoms with van der Waals surface area (Å²) < 4.78 is 2.67. The third-order valence-electron chi connectivity index (χ3n) is 10.2. The molecule has 1 aromatic heterocycles. The molecule has 52 heavy (non-hydrogen) atoms. The number of hydrogen-bond donors (Lipinski definition) is 0. The van der Waals surface area contributed by atoms with Crippen LogP contribution in [0.1, 0.15) is 0 Å². The van der Waals surface area contributed by atoms with Crippen LogP contribution in [-0.4, -0.2) is 0 Å². The van der Waals surface area contributed by atoms with E-state index in [4.69, 9.17) is 0 Å². The Labute approximate surface area is 307 Å². The number of nitrogens with zero attached hydrogens (tertiary/aromatic N) is 1. The van der Waals surface area contributed by atoms with Gasteiger partial charge in [0.2, 0.25) is 0 Å². The average Bonchev–Trinajstić information content (AvgIpc) is 3.61. The maximum absolute atomic E-state index is 2.37. The molecule has 2 heteroatoms. The molecule has 1 heterocycles. The molecule has 10 rings (SSSR count). The number of thiophene rings is 1. The molecular formula is C50H33NS. The van der Waals surface area contributed by atoms with E-state index < -0.39 is 0 Å². The first-order valence-corrected chi connectivity index (χ1v) is 18.6. The van der Waals surface area contributed by atoms with Gasteiger partial charge in [-0.15, -0.1) is 11.3 Å². The van der Waals surface area contributed by atoms with Crippen LogP contribution in [0.5, 0.6) is 0 Å². The summed E-state index contributed by atoms with van der Waals surface area (Å²) in [5.41, 5.74) is 10.6. The lowest BCUT2D eigenvalue weighted by atomic mass is 9.97. The minimum Gasteiger partial charge on any atom is -0.310 e. The Morgan fingerprint density at radius 3 is 1.62 bits per heavy atom. The number of rotatable bonds is 6. The van der Waals surface area contributed by atoms with Gasteiger partial charge >= 0.3 is 0 Å². The van der Waals surface area contributed by atoms with Gasteiger partial charge in [0.25, 0.3) is 0 Å². The van der Waals surface area contributed by atoms with Crippen LogP contribution in [0.25, 0.3) is 75.1 Å². The highest BCUT2D eigenvalue weighted by molar-refractivity contribution is 7.26. The summed E-state index contributed by atoms with van der Waals surface area (Å²) >= 11 is 1.87. The van der Waals surface area contributed by atoms with Crippen molar-refractivity contribution < 1.29 is 0 Å². The van der Waals surface area contributed by atoms with E-state index in [0.717, 1.165) is 17.1 Å². The van der Waals surface area contributed by atoms with Crippen molar-refractivity contribution in [1.29, 1.82) is 0 Å². The molecule has 0 spiro atoms. The van der Waals surface area contributed by atoms with Gasteiger partial charge in [0.15, 0.2) is 0 Å². The smallest absolute Gasteiger partial charge is 0.0467 e. The van der Waals surface area contributed by atoms with Crippen molar-refractivity contribution in [2.75, 3.05) is 4.90 Å². The molecule has 0 radical (unpaired) electrons. The van der Waals surface area contributed by atoms with Gasteiger partial charge in [0.05, 0.1) is 0 Å². The minimum atomic E-state index is 1.11. The van der Waals surface area contributed by atoms with Crippen molar-refractivity contribution in [3.05, 3.63) is 200 Å².